The van der Waals surface area contributed by atoms with Crippen molar-refractivity contribution in [3.8, 4) is 0 Å². The number of likely N-dealkylation sites (N-methyl/N-ethyl adjacent to an activating group) is 1. The molecule has 1 saturated carbocycles. The van der Waals surface area contributed by atoms with E-state index in [1.807, 2.05) is 79.7 Å². The highest BCUT2D eigenvalue weighted by molar-refractivity contribution is 7.99. The molecule has 1 heterocycles. The first kappa shape index (κ1) is 40.5. The number of carboxylic acids is 1. The molecule has 5 N–H and O–H groups in total. The standard InChI is InChI=1S/C35H44N4O5S.C2HF3O2/c1-4-39(32(40)30(37-33(41)34(2,3)36)24-44-23-25-13-7-5-8-14-25)22-29-31(28-18-17-26-15-9-10-16-27(26)21-28)45(42,43)38-35(29)19-11-6-12-20-35;3-2(4,5)1(6)7/h5,7-10,13-18,21,30,38H,4,6,11-12,19-20,22-24,36H2,1-3H3,(H,37,41);(H,6,7)/t30-;/m1./s1. The molecule has 15 heteroatoms. The van der Waals surface area contributed by atoms with Gasteiger partial charge in [-0.25, -0.2) is 17.9 Å². The van der Waals surface area contributed by atoms with Crippen LogP contribution in [0.4, 0.5) is 13.2 Å². The fourth-order valence-corrected chi connectivity index (χ4v) is 8.30. The van der Waals surface area contributed by atoms with Crippen LogP contribution in [0.25, 0.3) is 15.7 Å². The molecule has 2 aliphatic rings. The fourth-order valence-electron chi connectivity index (χ4n) is 6.34. The first-order chi connectivity index (χ1) is 24.4. The minimum Gasteiger partial charge on any atom is -0.475 e. The molecule has 3 aromatic carbocycles. The molecule has 1 fully saturated rings. The number of nitrogens with one attached hydrogen (secondary N) is 2. The second kappa shape index (κ2) is 16.6. The number of carboxylic acid groups (broad SMARTS) is 1. The number of hydrogen-bond donors (Lipinski definition) is 4. The number of hydrogen-bond acceptors (Lipinski definition) is 7. The van der Waals surface area contributed by atoms with Crippen LogP contribution in [-0.4, -0.2) is 79.2 Å². The van der Waals surface area contributed by atoms with Gasteiger partial charge < -0.3 is 25.8 Å². The average molecular weight is 747 g/mol. The Morgan fingerprint density at radius 1 is 0.981 bits per heavy atom. The zero-order chi connectivity index (χ0) is 38.3. The molecule has 1 atom stereocenters. The number of alkyl halides is 3. The van der Waals surface area contributed by atoms with Gasteiger partial charge in [0, 0.05) is 13.1 Å². The van der Waals surface area contributed by atoms with Crippen LogP contribution < -0.4 is 15.8 Å². The van der Waals surface area contributed by atoms with E-state index in [0.29, 0.717) is 30.5 Å². The van der Waals surface area contributed by atoms with Crippen molar-refractivity contribution in [2.75, 3.05) is 19.7 Å². The average Bonchev–Trinajstić information content (AvgIpc) is 3.30. The number of carbonyl (C=O) groups excluding carboxylic acids is 2. The number of benzene rings is 3. The normalized spacial score (nSPS) is 17.3. The monoisotopic (exact) mass is 746 g/mol. The van der Waals surface area contributed by atoms with Gasteiger partial charge in [0.05, 0.1) is 29.2 Å². The number of fused-ring (bicyclic) bond motifs is 1. The maximum atomic E-state index is 14.2. The Bertz CT molecular complexity index is 1890. The van der Waals surface area contributed by atoms with E-state index in [0.717, 1.165) is 35.6 Å². The SMILES string of the molecule is CCN(CC1=C(c2ccc3ccccc3c2)S(=O)(=O)NC12CCCCC2)C(=O)[C@@H](COCc1ccccc1)NC(=O)C(C)(C)N.O=C(O)C(F)(F)F. The quantitative estimate of drug-likeness (QED) is 0.210. The van der Waals surface area contributed by atoms with Crippen LogP contribution in [0.2, 0.25) is 0 Å². The van der Waals surface area contributed by atoms with Gasteiger partial charge in [-0.15, -0.1) is 0 Å². The van der Waals surface area contributed by atoms with E-state index >= 15 is 0 Å². The summed E-state index contributed by atoms with van der Waals surface area (Å²) in [5, 5.41) is 11.9. The number of aliphatic carboxylic acids is 1. The topological polar surface area (TPSA) is 168 Å². The van der Waals surface area contributed by atoms with Crippen LogP contribution in [0.1, 0.15) is 64.0 Å². The Morgan fingerprint density at radius 3 is 2.15 bits per heavy atom. The second-order valence-corrected chi connectivity index (χ2v) is 15.1. The van der Waals surface area contributed by atoms with E-state index in [1.165, 1.54) is 0 Å². The molecule has 0 aromatic heterocycles. The summed E-state index contributed by atoms with van der Waals surface area (Å²) in [6, 6.07) is 22.1. The molecule has 0 bridgehead atoms. The van der Waals surface area contributed by atoms with Gasteiger partial charge in [0.25, 0.3) is 0 Å². The number of ether oxygens (including phenoxy) is 1. The Hall–Kier alpha value is -4.31. The van der Waals surface area contributed by atoms with Gasteiger partial charge in [0.1, 0.15) is 6.04 Å². The van der Waals surface area contributed by atoms with E-state index in [1.54, 1.807) is 18.7 Å². The summed E-state index contributed by atoms with van der Waals surface area (Å²) in [5.74, 6) is -3.60. The van der Waals surface area contributed by atoms with Crippen LogP contribution in [0.3, 0.4) is 0 Å². The molecular weight excluding hydrogens is 701 g/mol. The van der Waals surface area contributed by atoms with Crippen LogP contribution in [0.15, 0.2) is 78.4 Å². The molecule has 5 rings (SSSR count). The lowest BCUT2D eigenvalue weighted by molar-refractivity contribution is -0.192. The number of nitrogens with zero attached hydrogens (tertiary/aromatic N) is 1. The van der Waals surface area contributed by atoms with Gasteiger partial charge in [-0.3, -0.25) is 9.59 Å². The smallest absolute Gasteiger partial charge is 0.475 e. The van der Waals surface area contributed by atoms with Crippen molar-refractivity contribution in [3.63, 3.8) is 0 Å². The van der Waals surface area contributed by atoms with Crippen molar-refractivity contribution in [1.29, 1.82) is 0 Å². The largest absolute Gasteiger partial charge is 0.490 e. The fraction of sp³-hybridized carbons (Fsp3) is 0.432. The van der Waals surface area contributed by atoms with Crippen molar-refractivity contribution >= 4 is 43.5 Å². The Morgan fingerprint density at radius 2 is 1.58 bits per heavy atom. The highest BCUT2D eigenvalue weighted by Crippen LogP contribution is 2.46. The number of sulfonamides is 1. The van der Waals surface area contributed by atoms with Crippen LogP contribution in [0, 0.1) is 0 Å². The lowest BCUT2D eigenvalue weighted by Crippen LogP contribution is -2.58. The lowest BCUT2D eigenvalue weighted by Gasteiger charge is -2.38. The van der Waals surface area contributed by atoms with Crippen LogP contribution in [-0.2, 0) is 35.8 Å². The molecule has 1 spiro atoms. The maximum Gasteiger partial charge on any atom is 0.490 e. The summed E-state index contributed by atoms with van der Waals surface area (Å²) in [5.41, 5.74) is 6.33. The van der Waals surface area contributed by atoms with Crippen molar-refractivity contribution in [1.82, 2.24) is 14.9 Å². The van der Waals surface area contributed by atoms with Crippen LogP contribution >= 0.6 is 0 Å². The number of rotatable bonds is 11. The first-order valence-corrected chi connectivity index (χ1v) is 18.4. The number of halogens is 3. The second-order valence-electron chi connectivity index (χ2n) is 13.5. The van der Waals surface area contributed by atoms with Gasteiger partial charge in [0.2, 0.25) is 21.8 Å². The van der Waals surface area contributed by atoms with Gasteiger partial charge in [-0.1, -0.05) is 86.0 Å². The third kappa shape index (κ3) is 9.97. The Labute approximate surface area is 301 Å². The van der Waals surface area contributed by atoms with Crippen LogP contribution in [0.5, 0.6) is 0 Å². The van der Waals surface area contributed by atoms with E-state index < -0.39 is 45.2 Å². The molecule has 52 heavy (non-hydrogen) atoms. The molecule has 11 nitrogen and oxygen atoms in total. The van der Waals surface area contributed by atoms with E-state index in [-0.39, 0.29) is 30.6 Å². The van der Waals surface area contributed by atoms with E-state index in [4.69, 9.17) is 20.4 Å². The summed E-state index contributed by atoms with van der Waals surface area (Å²) in [6.07, 6.45) is -0.970. The number of nitrogens with two attached hydrogens (primary N) is 1. The van der Waals surface area contributed by atoms with Crippen molar-refractivity contribution in [2.45, 2.75) is 82.8 Å². The highest BCUT2D eigenvalue weighted by atomic mass is 32.2. The third-order valence-electron chi connectivity index (χ3n) is 9.04. The summed E-state index contributed by atoms with van der Waals surface area (Å²) in [6.45, 7) is 5.62. The maximum absolute atomic E-state index is 14.2. The molecule has 1 aliphatic heterocycles. The van der Waals surface area contributed by atoms with Crippen molar-refractivity contribution in [2.24, 2.45) is 5.73 Å². The van der Waals surface area contributed by atoms with Gasteiger partial charge >= 0.3 is 12.1 Å². The predicted octanol–water partition coefficient (Wildman–Crippen LogP) is 5.11. The molecule has 2 amide bonds. The number of amides is 2. The third-order valence-corrected chi connectivity index (χ3v) is 10.7. The summed E-state index contributed by atoms with van der Waals surface area (Å²) < 4.78 is 68.6. The summed E-state index contributed by atoms with van der Waals surface area (Å²) >= 11 is 0. The molecule has 0 unspecified atom stereocenters. The molecule has 3 aromatic rings. The zero-order valence-corrected chi connectivity index (χ0v) is 30.1. The Balaban J connectivity index is 0.000000785. The minimum absolute atomic E-state index is 0.0652. The molecule has 0 saturated heterocycles. The van der Waals surface area contributed by atoms with Crippen molar-refractivity contribution in [3.05, 3.63) is 89.5 Å². The van der Waals surface area contributed by atoms with E-state index in [2.05, 4.69) is 10.0 Å². The summed E-state index contributed by atoms with van der Waals surface area (Å²) in [4.78, 5) is 38.0. The molecule has 282 valence electrons. The predicted molar refractivity (Wildman–Crippen MR) is 191 cm³/mol. The first-order valence-electron chi connectivity index (χ1n) is 16.9. The number of carbonyl (C=O) groups is 3. The zero-order valence-electron chi connectivity index (χ0n) is 29.3. The van der Waals surface area contributed by atoms with Crippen molar-refractivity contribution < 1.29 is 45.8 Å². The molecular formula is C37H45F3N4O7S. The summed E-state index contributed by atoms with van der Waals surface area (Å²) in [7, 11) is -3.87. The van der Waals surface area contributed by atoms with Gasteiger partial charge in [-0.2, -0.15) is 13.2 Å². The Kier molecular flexibility index (Phi) is 12.9. The van der Waals surface area contributed by atoms with E-state index in [9.17, 15) is 31.2 Å². The highest BCUT2D eigenvalue weighted by Gasteiger charge is 2.50. The minimum atomic E-state index is -5.08. The lowest BCUT2D eigenvalue weighted by atomic mass is 9.76. The van der Waals surface area contributed by atoms with Gasteiger partial charge in [0.15, 0.2) is 0 Å². The van der Waals surface area contributed by atoms with Gasteiger partial charge in [-0.05, 0) is 67.2 Å². The molecule has 0 radical (unpaired) electrons. The molecule has 1 aliphatic carbocycles.